The number of aryl methyl sites for hydroxylation is 1. The number of imide groups is 1. The van der Waals surface area contributed by atoms with E-state index in [-0.39, 0.29) is 11.1 Å². The van der Waals surface area contributed by atoms with E-state index in [1.807, 2.05) is 68.5 Å². The van der Waals surface area contributed by atoms with Gasteiger partial charge in [-0.15, -0.1) is 0 Å². The number of aromatic nitrogens is 1. The van der Waals surface area contributed by atoms with Crippen LogP contribution in [0.5, 0.6) is 0 Å². The van der Waals surface area contributed by atoms with Crippen molar-refractivity contribution in [1.29, 1.82) is 0 Å². The van der Waals surface area contributed by atoms with Crippen LogP contribution >= 0.6 is 11.8 Å². The lowest BCUT2D eigenvalue weighted by atomic mass is 10.1. The fourth-order valence-corrected chi connectivity index (χ4v) is 4.48. The Bertz CT molecular complexity index is 1080. The highest BCUT2D eigenvalue weighted by Gasteiger charge is 2.34. The molecule has 0 bridgehead atoms. The van der Waals surface area contributed by atoms with E-state index in [4.69, 9.17) is 0 Å². The minimum Gasteiger partial charge on any atom is -0.318 e. The van der Waals surface area contributed by atoms with Gasteiger partial charge in [0.25, 0.3) is 11.1 Å². The third kappa shape index (κ3) is 3.91. The number of amides is 2. The summed E-state index contributed by atoms with van der Waals surface area (Å²) in [4.78, 5) is 27.1. The topological polar surface area (TPSA) is 42.3 Å². The van der Waals surface area contributed by atoms with Crippen LogP contribution in [0, 0.1) is 13.8 Å². The summed E-state index contributed by atoms with van der Waals surface area (Å²) < 4.78 is 2.16. The summed E-state index contributed by atoms with van der Waals surface area (Å²) in [5.41, 5.74) is 5.29. The molecular formula is C24H22N2O2S. The number of carbonyl (C=O) groups is 2. The van der Waals surface area contributed by atoms with Crippen LogP contribution in [0.15, 0.2) is 71.6 Å². The first-order chi connectivity index (χ1) is 14.0. The van der Waals surface area contributed by atoms with E-state index in [2.05, 4.69) is 22.8 Å². The lowest BCUT2D eigenvalue weighted by molar-refractivity contribution is -0.122. The van der Waals surface area contributed by atoms with Gasteiger partial charge in [0.15, 0.2) is 0 Å². The van der Waals surface area contributed by atoms with Crippen molar-refractivity contribution in [3.05, 3.63) is 94.1 Å². The molecule has 0 atom stereocenters. The first kappa shape index (κ1) is 19.3. The number of para-hydroxylation sites is 1. The van der Waals surface area contributed by atoms with E-state index in [0.29, 0.717) is 17.9 Å². The molecule has 4 nitrogen and oxygen atoms in total. The zero-order chi connectivity index (χ0) is 20.4. The fraction of sp³-hybridized carbons (Fsp3) is 0.167. The number of nitrogens with zero attached hydrogens (tertiary/aromatic N) is 2. The Morgan fingerprint density at radius 3 is 2.28 bits per heavy atom. The molecule has 0 N–H and O–H groups in total. The molecule has 0 radical (unpaired) electrons. The Hall–Kier alpha value is -3.05. The normalized spacial score (nSPS) is 15.5. The van der Waals surface area contributed by atoms with Crippen LogP contribution < -0.4 is 0 Å². The van der Waals surface area contributed by atoms with E-state index < -0.39 is 0 Å². The van der Waals surface area contributed by atoms with Crippen molar-refractivity contribution < 1.29 is 9.59 Å². The molecule has 1 fully saturated rings. The number of hydrogen-bond donors (Lipinski definition) is 0. The minimum atomic E-state index is -0.208. The molecule has 0 spiro atoms. The third-order valence-corrected chi connectivity index (χ3v) is 6.02. The Kier molecular flexibility index (Phi) is 5.41. The molecule has 1 aliphatic heterocycles. The van der Waals surface area contributed by atoms with Gasteiger partial charge in [0, 0.05) is 23.6 Å². The lowest BCUT2D eigenvalue weighted by Crippen LogP contribution is -2.30. The molecule has 0 aliphatic carbocycles. The van der Waals surface area contributed by atoms with Crippen molar-refractivity contribution in [3.8, 4) is 5.69 Å². The van der Waals surface area contributed by atoms with Gasteiger partial charge >= 0.3 is 0 Å². The SMILES string of the molecule is Cc1cc(/C=C2/SC(=O)N(CCc3ccccc3)C2=O)c(C)n1-c1ccccc1. The maximum absolute atomic E-state index is 12.8. The molecule has 0 unspecified atom stereocenters. The standard InChI is InChI=1S/C24H22N2O2S/c1-17-15-20(18(2)26(17)21-11-7-4-8-12-21)16-22-23(27)25(24(28)29-22)14-13-19-9-5-3-6-10-19/h3-12,15-16H,13-14H2,1-2H3/b22-16+. The third-order valence-electron chi connectivity index (χ3n) is 5.11. The summed E-state index contributed by atoms with van der Waals surface area (Å²) in [6, 6.07) is 22.1. The van der Waals surface area contributed by atoms with Gasteiger partial charge in [0.1, 0.15) is 0 Å². The Morgan fingerprint density at radius 2 is 1.59 bits per heavy atom. The summed E-state index contributed by atoms with van der Waals surface area (Å²) in [7, 11) is 0. The van der Waals surface area contributed by atoms with Crippen LogP contribution in [-0.4, -0.2) is 27.2 Å². The van der Waals surface area contributed by atoms with Gasteiger partial charge in [-0.05, 0) is 67.4 Å². The first-order valence-corrected chi connectivity index (χ1v) is 10.4. The predicted molar refractivity (Wildman–Crippen MR) is 118 cm³/mol. The van der Waals surface area contributed by atoms with E-state index >= 15 is 0 Å². The van der Waals surface area contributed by atoms with Crippen molar-refractivity contribution in [3.63, 3.8) is 0 Å². The van der Waals surface area contributed by atoms with Gasteiger partial charge in [-0.3, -0.25) is 14.5 Å². The average molecular weight is 403 g/mol. The summed E-state index contributed by atoms with van der Waals surface area (Å²) in [5.74, 6) is -0.208. The minimum absolute atomic E-state index is 0.200. The van der Waals surface area contributed by atoms with Crippen LogP contribution in [0.4, 0.5) is 4.79 Å². The molecule has 29 heavy (non-hydrogen) atoms. The summed E-state index contributed by atoms with van der Waals surface area (Å²) >= 11 is 1.02. The van der Waals surface area contributed by atoms with Crippen LogP contribution in [-0.2, 0) is 11.2 Å². The molecule has 1 aromatic heterocycles. The van der Waals surface area contributed by atoms with Gasteiger partial charge in [0.2, 0.25) is 0 Å². The van der Waals surface area contributed by atoms with E-state index in [1.54, 1.807) is 0 Å². The second-order valence-corrected chi connectivity index (χ2v) is 8.06. The second-order valence-electron chi connectivity index (χ2n) is 7.07. The lowest BCUT2D eigenvalue weighted by Gasteiger charge is -2.12. The zero-order valence-electron chi connectivity index (χ0n) is 16.5. The number of hydrogen-bond acceptors (Lipinski definition) is 3. The highest BCUT2D eigenvalue weighted by atomic mass is 32.2. The predicted octanol–water partition coefficient (Wildman–Crippen LogP) is 5.37. The Morgan fingerprint density at radius 1 is 0.931 bits per heavy atom. The molecule has 146 valence electrons. The smallest absolute Gasteiger partial charge is 0.293 e. The average Bonchev–Trinajstić information content (AvgIpc) is 3.16. The maximum Gasteiger partial charge on any atom is 0.293 e. The number of thioether (sulfide) groups is 1. The van der Waals surface area contributed by atoms with Gasteiger partial charge in [-0.25, -0.2) is 0 Å². The van der Waals surface area contributed by atoms with Gasteiger partial charge in [-0.2, -0.15) is 0 Å². The van der Waals surface area contributed by atoms with Crippen molar-refractivity contribution in [2.24, 2.45) is 0 Å². The highest BCUT2D eigenvalue weighted by Crippen LogP contribution is 2.33. The molecule has 2 aromatic carbocycles. The molecule has 1 saturated heterocycles. The molecule has 0 saturated carbocycles. The second kappa shape index (κ2) is 8.13. The van der Waals surface area contributed by atoms with Crippen LogP contribution in [0.3, 0.4) is 0 Å². The van der Waals surface area contributed by atoms with Crippen LogP contribution in [0.25, 0.3) is 11.8 Å². The van der Waals surface area contributed by atoms with Crippen LogP contribution in [0.1, 0.15) is 22.5 Å². The summed E-state index contributed by atoms with van der Waals surface area (Å²) in [6.45, 7) is 4.48. The summed E-state index contributed by atoms with van der Waals surface area (Å²) in [6.07, 6.45) is 2.50. The van der Waals surface area contributed by atoms with Gasteiger partial charge in [-0.1, -0.05) is 48.5 Å². The molecule has 2 heterocycles. The van der Waals surface area contributed by atoms with E-state index in [9.17, 15) is 9.59 Å². The number of rotatable bonds is 5. The number of carbonyl (C=O) groups excluding carboxylic acids is 2. The molecular weight excluding hydrogens is 380 g/mol. The monoisotopic (exact) mass is 402 g/mol. The molecule has 5 heteroatoms. The van der Waals surface area contributed by atoms with Crippen molar-refractivity contribution in [2.75, 3.05) is 6.54 Å². The largest absolute Gasteiger partial charge is 0.318 e. The summed E-state index contributed by atoms with van der Waals surface area (Å²) in [5, 5.41) is -0.200. The van der Waals surface area contributed by atoms with Gasteiger partial charge < -0.3 is 4.57 Å². The fourth-order valence-electron chi connectivity index (χ4n) is 3.63. The number of benzene rings is 2. The van der Waals surface area contributed by atoms with E-state index in [1.165, 1.54) is 4.90 Å². The molecule has 3 aromatic rings. The van der Waals surface area contributed by atoms with Gasteiger partial charge in [0.05, 0.1) is 4.91 Å². The maximum atomic E-state index is 12.8. The van der Waals surface area contributed by atoms with Crippen LogP contribution in [0.2, 0.25) is 0 Å². The van der Waals surface area contributed by atoms with Crippen molar-refractivity contribution >= 4 is 29.0 Å². The molecule has 1 aliphatic rings. The first-order valence-electron chi connectivity index (χ1n) is 9.58. The van der Waals surface area contributed by atoms with Crippen molar-refractivity contribution in [2.45, 2.75) is 20.3 Å². The Balaban J connectivity index is 1.56. The molecule has 2 amide bonds. The van der Waals surface area contributed by atoms with E-state index in [0.717, 1.165) is 40.0 Å². The highest BCUT2D eigenvalue weighted by molar-refractivity contribution is 8.18. The van der Waals surface area contributed by atoms with Crippen molar-refractivity contribution in [1.82, 2.24) is 9.47 Å². The molecule has 4 rings (SSSR count). The zero-order valence-corrected chi connectivity index (χ0v) is 17.3. The quantitative estimate of drug-likeness (QED) is 0.539. The Labute approximate surface area is 174 Å².